The zero-order valence-corrected chi connectivity index (χ0v) is 3.33. The molecule has 1 rings (SSSR count). The first-order valence-corrected chi connectivity index (χ1v) is 2.09. The summed E-state index contributed by atoms with van der Waals surface area (Å²) in [6.45, 7) is 0. The van der Waals surface area contributed by atoms with Gasteiger partial charge in [-0.1, -0.05) is 6.32 Å². The van der Waals surface area contributed by atoms with E-state index in [1.54, 1.807) is 0 Å². The van der Waals surface area contributed by atoms with E-state index in [9.17, 15) is 0 Å². The minimum Gasteiger partial charge on any atom is -0.185 e. The molecule has 1 heterocycles. The van der Waals surface area contributed by atoms with Gasteiger partial charge in [0.2, 0.25) is 0 Å². The van der Waals surface area contributed by atoms with Crippen LogP contribution in [0.15, 0.2) is 0 Å². The lowest BCUT2D eigenvalue weighted by Crippen LogP contribution is -1.54. The zero-order valence-electron chi connectivity index (χ0n) is 2.44. The van der Waals surface area contributed by atoms with Crippen molar-refractivity contribution in [2.75, 3.05) is 0 Å². The molecule has 0 nitrogen and oxygen atoms in total. The van der Waals surface area contributed by atoms with Crippen LogP contribution >= 0.6 is 12.6 Å². The van der Waals surface area contributed by atoms with Crippen LogP contribution in [-0.2, 0) is 0 Å². The van der Waals surface area contributed by atoms with Gasteiger partial charge in [-0.05, 0) is 5.15 Å². The van der Waals surface area contributed by atoms with Gasteiger partial charge in [0.25, 0.3) is 0 Å². The molecule has 1 saturated heterocycles. The van der Waals surface area contributed by atoms with Gasteiger partial charge in [-0.3, -0.25) is 0 Å². The molecule has 1 unspecified atom stereocenters. The van der Waals surface area contributed by atoms with E-state index in [0.29, 0.717) is 0 Å². The number of thiol groups is 1. The van der Waals surface area contributed by atoms with Crippen molar-refractivity contribution in [2.45, 2.75) is 11.5 Å². The lowest BCUT2D eigenvalue weighted by atomic mass is 10.1. The highest BCUT2D eigenvalue weighted by Crippen LogP contribution is 2.14. The van der Waals surface area contributed by atoms with E-state index in [1.807, 2.05) is 0 Å². The Hall–Kier alpha value is 0.415. The molecule has 0 spiro atoms. The maximum atomic E-state index is 4.08. The van der Waals surface area contributed by atoms with E-state index in [4.69, 9.17) is 0 Å². The summed E-state index contributed by atoms with van der Waals surface area (Å²) in [6, 6.07) is 0. The molecule has 1 atom stereocenters. The Balaban J connectivity index is 2.17. The Morgan fingerprint density at radius 3 is 2.25 bits per heavy atom. The van der Waals surface area contributed by atoms with Crippen molar-refractivity contribution in [1.29, 1.82) is 0 Å². The highest BCUT2D eigenvalue weighted by Gasteiger charge is 2.17. The van der Waals surface area contributed by atoms with Crippen molar-refractivity contribution in [2.24, 2.45) is 0 Å². The summed E-state index contributed by atoms with van der Waals surface area (Å²) in [5, 5.41) is 0.778. The molecule has 1 fully saturated rings. The van der Waals surface area contributed by atoms with Gasteiger partial charge in [0.1, 0.15) is 7.28 Å². The third kappa shape index (κ3) is 0.415. The number of rotatable bonds is 0. The largest absolute Gasteiger partial charge is 0.185 e. The van der Waals surface area contributed by atoms with Gasteiger partial charge in [0, 0.05) is 0 Å². The maximum Gasteiger partial charge on any atom is 0.136 e. The first kappa shape index (κ1) is 2.64. The van der Waals surface area contributed by atoms with E-state index in [-0.39, 0.29) is 0 Å². The van der Waals surface area contributed by atoms with E-state index in [2.05, 4.69) is 12.6 Å². The third-order valence-corrected chi connectivity index (χ3v) is 1.06. The Bertz CT molecular complexity index is 25.2. The second-order valence-corrected chi connectivity index (χ2v) is 1.96. The highest BCUT2D eigenvalue weighted by atomic mass is 32.1. The molecule has 22 valence electrons. The molecule has 2 heteroatoms. The van der Waals surface area contributed by atoms with Crippen molar-refractivity contribution >= 4 is 19.9 Å². The molecular formula is C2H5BS. The first-order valence-electron chi connectivity index (χ1n) is 1.57. The molecule has 0 saturated carbocycles. The smallest absolute Gasteiger partial charge is 0.136 e. The van der Waals surface area contributed by atoms with Crippen LogP contribution in [-0.4, -0.2) is 12.4 Å². The van der Waals surface area contributed by atoms with Crippen LogP contribution in [0, 0.1) is 0 Å². The molecule has 0 N–H and O–H groups in total. The van der Waals surface area contributed by atoms with E-state index >= 15 is 0 Å². The molecule has 0 aromatic carbocycles. The Morgan fingerprint density at radius 1 is 2.00 bits per heavy atom. The van der Waals surface area contributed by atoms with Crippen molar-refractivity contribution in [3.8, 4) is 0 Å². The Morgan fingerprint density at radius 2 is 2.25 bits per heavy atom. The number of hydrogen-bond donors (Lipinski definition) is 1. The van der Waals surface area contributed by atoms with Crippen molar-refractivity contribution < 1.29 is 0 Å². The van der Waals surface area contributed by atoms with Gasteiger partial charge in [0.05, 0.1) is 0 Å². The molecule has 1 aliphatic rings. The lowest BCUT2D eigenvalue weighted by molar-refractivity contribution is 1.63. The molecule has 0 amide bonds. The summed E-state index contributed by atoms with van der Waals surface area (Å²) < 4.78 is 0. The molecule has 4 heavy (non-hydrogen) atoms. The summed E-state index contributed by atoms with van der Waals surface area (Å²) >= 11 is 4.08. The van der Waals surface area contributed by atoms with Crippen LogP contribution in [0.2, 0.25) is 6.32 Å². The predicted octanol–water partition coefficient (Wildman–Crippen LogP) is 0.111. The average molecular weight is 71.9 g/mol. The number of hydrogen-bond acceptors (Lipinski definition) is 1. The third-order valence-electron chi connectivity index (χ3n) is 0.547. The van der Waals surface area contributed by atoms with Gasteiger partial charge >= 0.3 is 0 Å². The SMILES string of the molecule is SC1BC1. The summed E-state index contributed by atoms with van der Waals surface area (Å²) in [4.78, 5) is 0. The zero-order chi connectivity index (χ0) is 2.99. The van der Waals surface area contributed by atoms with Gasteiger partial charge < -0.3 is 0 Å². The Labute approximate surface area is 32.2 Å². The normalized spacial score (nSPS) is 37.8. The Kier molecular flexibility index (Phi) is 0.449. The highest BCUT2D eigenvalue weighted by molar-refractivity contribution is 7.83. The van der Waals surface area contributed by atoms with Crippen molar-refractivity contribution in [3.05, 3.63) is 0 Å². The molecule has 0 aromatic rings. The van der Waals surface area contributed by atoms with Gasteiger partial charge in [-0.25, -0.2) is 0 Å². The minimum atomic E-state index is 0.778. The molecular weight excluding hydrogens is 66.9 g/mol. The standard InChI is InChI=1S/C2H5BS/c4-2-1-3-2/h2-4H,1H2. The lowest BCUT2D eigenvalue weighted by Gasteiger charge is -1.55. The van der Waals surface area contributed by atoms with Crippen LogP contribution in [0.1, 0.15) is 0 Å². The summed E-state index contributed by atoms with van der Waals surface area (Å²) in [6.07, 6.45) is 1.35. The fourth-order valence-corrected chi connectivity index (χ4v) is 0.224. The van der Waals surface area contributed by atoms with E-state index < -0.39 is 0 Å². The quantitative estimate of drug-likeness (QED) is 0.304. The average Bonchev–Trinajstić information content (AvgIpc) is 1.75. The predicted molar refractivity (Wildman–Crippen MR) is 24.7 cm³/mol. The van der Waals surface area contributed by atoms with Crippen molar-refractivity contribution in [3.63, 3.8) is 0 Å². The van der Waals surface area contributed by atoms with E-state index in [0.717, 1.165) is 5.15 Å². The summed E-state index contributed by atoms with van der Waals surface area (Å²) in [5.74, 6) is 0. The molecule has 1 aliphatic heterocycles. The molecule has 0 radical (unpaired) electrons. The van der Waals surface area contributed by atoms with Gasteiger partial charge in [-0.2, -0.15) is 12.6 Å². The first-order chi connectivity index (χ1) is 1.89. The van der Waals surface area contributed by atoms with Crippen LogP contribution in [0.4, 0.5) is 0 Å². The second kappa shape index (κ2) is 0.679. The van der Waals surface area contributed by atoms with Crippen LogP contribution < -0.4 is 0 Å². The second-order valence-electron chi connectivity index (χ2n) is 1.23. The fourth-order valence-electron chi connectivity index (χ4n) is 0.0745. The van der Waals surface area contributed by atoms with Crippen LogP contribution in [0.5, 0.6) is 0 Å². The van der Waals surface area contributed by atoms with Gasteiger partial charge in [0.15, 0.2) is 0 Å². The summed E-state index contributed by atoms with van der Waals surface area (Å²) in [7, 11) is 1.35. The fraction of sp³-hybridized carbons (Fsp3) is 1.00. The summed E-state index contributed by atoms with van der Waals surface area (Å²) in [5.41, 5.74) is 0. The topological polar surface area (TPSA) is 0 Å². The molecule has 0 bridgehead atoms. The van der Waals surface area contributed by atoms with Crippen molar-refractivity contribution in [1.82, 2.24) is 0 Å². The van der Waals surface area contributed by atoms with Crippen LogP contribution in [0.3, 0.4) is 0 Å². The molecule has 0 aliphatic carbocycles. The minimum absolute atomic E-state index is 0.778. The monoisotopic (exact) mass is 72.0 g/mol. The van der Waals surface area contributed by atoms with Crippen LogP contribution in [0.25, 0.3) is 0 Å². The molecule has 0 aromatic heterocycles. The van der Waals surface area contributed by atoms with Gasteiger partial charge in [-0.15, -0.1) is 0 Å². The van der Waals surface area contributed by atoms with E-state index in [1.165, 1.54) is 13.6 Å². The maximum absolute atomic E-state index is 4.08.